The van der Waals surface area contributed by atoms with Gasteiger partial charge >= 0.3 is 6.09 Å². The van der Waals surface area contributed by atoms with E-state index in [0.717, 1.165) is 12.1 Å². The highest BCUT2D eigenvalue weighted by atomic mass is 32.2. The summed E-state index contributed by atoms with van der Waals surface area (Å²) in [5, 5.41) is 2.65. The van der Waals surface area contributed by atoms with E-state index in [1.807, 2.05) is 19.1 Å². The molecule has 0 aliphatic heterocycles. The fraction of sp³-hybridized carbons (Fsp3) is 0.611. The number of carbonyl (C=O) groups is 1. The molecule has 0 saturated carbocycles. The molecule has 0 aromatic heterocycles. The van der Waals surface area contributed by atoms with Gasteiger partial charge in [0.25, 0.3) is 0 Å². The number of carbonyl (C=O) groups excluding carboxylic acids is 1. The predicted octanol–water partition coefficient (Wildman–Crippen LogP) is 3.25. The quantitative estimate of drug-likeness (QED) is 0.795. The molecule has 7 heteroatoms. The molecular weight excluding hydrogens is 340 g/mol. The minimum Gasteiger partial charge on any atom is -0.453 e. The summed E-state index contributed by atoms with van der Waals surface area (Å²) in [5.74, 6) is 0. The molecule has 0 fully saturated rings. The third-order valence-electron chi connectivity index (χ3n) is 3.60. The Morgan fingerprint density at radius 1 is 1.20 bits per heavy atom. The van der Waals surface area contributed by atoms with Crippen molar-refractivity contribution in [2.24, 2.45) is 0 Å². The van der Waals surface area contributed by atoms with Gasteiger partial charge in [0.05, 0.1) is 12.0 Å². The molecule has 1 atom stereocenters. The standard InChI is InChI=1S/C15H24N2O4S.C3H8/c1-5-17(11-10-16-15(18)21-3)12(2)13-6-8-14(9-7-13)22(4,19)20;1-3-2/h6-9,12H,5,10-11H2,1-4H3,(H,16,18);3H2,1-2H3. The minimum absolute atomic E-state index is 0.123. The van der Waals surface area contributed by atoms with E-state index in [1.54, 1.807) is 12.1 Å². The van der Waals surface area contributed by atoms with Crippen molar-refractivity contribution in [1.82, 2.24) is 10.2 Å². The lowest BCUT2D eigenvalue weighted by Gasteiger charge is -2.28. The minimum atomic E-state index is -3.17. The second-order valence-corrected chi connectivity index (χ2v) is 7.79. The van der Waals surface area contributed by atoms with E-state index in [4.69, 9.17) is 0 Å². The van der Waals surface area contributed by atoms with Crippen molar-refractivity contribution in [1.29, 1.82) is 0 Å². The second kappa shape index (κ2) is 11.9. The normalized spacial score (nSPS) is 12.1. The number of ether oxygens (including phenoxy) is 1. The Hall–Kier alpha value is -1.60. The van der Waals surface area contributed by atoms with Crippen LogP contribution in [-0.2, 0) is 14.6 Å². The first-order valence-electron chi connectivity index (χ1n) is 8.57. The molecule has 1 unspecified atom stereocenters. The van der Waals surface area contributed by atoms with Crippen molar-refractivity contribution in [2.45, 2.75) is 45.1 Å². The zero-order chi connectivity index (χ0) is 19.5. The van der Waals surface area contributed by atoms with Gasteiger partial charge in [-0.2, -0.15) is 0 Å². The van der Waals surface area contributed by atoms with Crippen LogP contribution in [0.3, 0.4) is 0 Å². The van der Waals surface area contributed by atoms with Crippen molar-refractivity contribution in [2.75, 3.05) is 33.0 Å². The number of hydrogen-bond acceptors (Lipinski definition) is 5. The highest BCUT2D eigenvalue weighted by Gasteiger charge is 2.15. The highest BCUT2D eigenvalue weighted by molar-refractivity contribution is 7.90. The number of amides is 1. The highest BCUT2D eigenvalue weighted by Crippen LogP contribution is 2.21. The topological polar surface area (TPSA) is 75.7 Å². The SMILES string of the molecule is CCC.CCN(CCNC(=O)OC)C(C)c1ccc(S(C)(=O)=O)cc1. The van der Waals surface area contributed by atoms with E-state index >= 15 is 0 Å². The lowest BCUT2D eigenvalue weighted by atomic mass is 10.1. The number of rotatable bonds is 7. The van der Waals surface area contributed by atoms with E-state index in [0.29, 0.717) is 18.0 Å². The molecule has 0 radical (unpaired) electrons. The maximum absolute atomic E-state index is 11.5. The number of hydrogen-bond donors (Lipinski definition) is 1. The molecule has 1 aromatic carbocycles. The van der Waals surface area contributed by atoms with Crippen molar-refractivity contribution >= 4 is 15.9 Å². The molecular formula is C18H32N2O4S. The Morgan fingerprint density at radius 2 is 1.72 bits per heavy atom. The van der Waals surface area contributed by atoms with Crippen LogP contribution in [0.25, 0.3) is 0 Å². The maximum Gasteiger partial charge on any atom is 0.406 e. The predicted molar refractivity (Wildman–Crippen MR) is 102 cm³/mol. The van der Waals surface area contributed by atoms with Gasteiger partial charge in [-0.15, -0.1) is 0 Å². The summed E-state index contributed by atoms with van der Waals surface area (Å²) in [7, 11) is -1.84. The molecule has 0 heterocycles. The van der Waals surface area contributed by atoms with Gasteiger partial charge in [-0.25, -0.2) is 13.2 Å². The molecule has 1 rings (SSSR count). The molecule has 1 N–H and O–H groups in total. The fourth-order valence-corrected chi connectivity index (χ4v) is 2.83. The molecule has 144 valence electrons. The van der Waals surface area contributed by atoms with Crippen LogP contribution in [0, 0.1) is 0 Å². The Balaban J connectivity index is 0.00000178. The summed E-state index contributed by atoms with van der Waals surface area (Å²) >= 11 is 0. The van der Waals surface area contributed by atoms with Crippen LogP contribution in [0.1, 0.15) is 45.7 Å². The Labute approximate surface area is 152 Å². The Bertz CT molecular complexity index is 600. The van der Waals surface area contributed by atoms with Gasteiger partial charge < -0.3 is 10.1 Å². The Morgan fingerprint density at radius 3 is 2.12 bits per heavy atom. The summed E-state index contributed by atoms with van der Waals surface area (Å²) in [5.41, 5.74) is 1.03. The second-order valence-electron chi connectivity index (χ2n) is 5.77. The van der Waals surface area contributed by atoms with E-state index in [-0.39, 0.29) is 6.04 Å². The van der Waals surface area contributed by atoms with Crippen molar-refractivity contribution in [3.05, 3.63) is 29.8 Å². The van der Waals surface area contributed by atoms with E-state index in [2.05, 4.69) is 35.7 Å². The van der Waals surface area contributed by atoms with Crippen LogP contribution < -0.4 is 5.32 Å². The number of benzene rings is 1. The van der Waals surface area contributed by atoms with Gasteiger partial charge in [-0.1, -0.05) is 39.3 Å². The summed E-state index contributed by atoms with van der Waals surface area (Å²) in [6.45, 7) is 10.3. The number of methoxy groups -OCH3 is 1. The Kier molecular flexibility index (Phi) is 11.1. The average Bonchev–Trinajstić information content (AvgIpc) is 2.58. The van der Waals surface area contributed by atoms with Crippen molar-refractivity contribution in [3.8, 4) is 0 Å². The van der Waals surface area contributed by atoms with Crippen LogP contribution >= 0.6 is 0 Å². The molecule has 1 amide bonds. The number of nitrogens with one attached hydrogen (secondary N) is 1. The van der Waals surface area contributed by atoms with Crippen LogP contribution in [0.4, 0.5) is 4.79 Å². The van der Waals surface area contributed by atoms with E-state index in [1.165, 1.54) is 19.8 Å². The van der Waals surface area contributed by atoms with Crippen LogP contribution in [0.2, 0.25) is 0 Å². The first kappa shape index (κ1) is 23.4. The molecule has 1 aromatic rings. The number of alkyl carbamates (subject to hydrolysis) is 1. The summed E-state index contributed by atoms with van der Waals surface area (Å²) in [6, 6.07) is 7.04. The summed E-state index contributed by atoms with van der Waals surface area (Å²) < 4.78 is 27.5. The molecule has 25 heavy (non-hydrogen) atoms. The monoisotopic (exact) mass is 372 g/mol. The van der Waals surface area contributed by atoms with Gasteiger partial charge in [0.15, 0.2) is 9.84 Å². The third-order valence-corrected chi connectivity index (χ3v) is 4.73. The lowest BCUT2D eigenvalue weighted by molar-refractivity contribution is 0.165. The zero-order valence-corrected chi connectivity index (χ0v) is 17.0. The summed E-state index contributed by atoms with van der Waals surface area (Å²) in [4.78, 5) is 13.5. The third kappa shape index (κ3) is 8.88. The van der Waals surface area contributed by atoms with E-state index < -0.39 is 15.9 Å². The molecule has 0 bridgehead atoms. The van der Waals surface area contributed by atoms with Gasteiger partial charge in [0.2, 0.25) is 0 Å². The van der Waals surface area contributed by atoms with Crippen molar-refractivity contribution in [3.63, 3.8) is 0 Å². The van der Waals surface area contributed by atoms with Gasteiger partial charge in [-0.3, -0.25) is 4.90 Å². The van der Waals surface area contributed by atoms with Gasteiger partial charge in [0.1, 0.15) is 0 Å². The average molecular weight is 373 g/mol. The van der Waals surface area contributed by atoms with Crippen LogP contribution in [0.5, 0.6) is 0 Å². The largest absolute Gasteiger partial charge is 0.453 e. The molecule has 0 saturated heterocycles. The molecule has 0 aliphatic rings. The van der Waals surface area contributed by atoms with Gasteiger partial charge in [0, 0.05) is 25.4 Å². The smallest absolute Gasteiger partial charge is 0.406 e. The maximum atomic E-state index is 11.5. The van der Waals surface area contributed by atoms with E-state index in [9.17, 15) is 13.2 Å². The molecule has 0 aliphatic carbocycles. The van der Waals surface area contributed by atoms with Gasteiger partial charge in [-0.05, 0) is 31.2 Å². The number of nitrogens with zero attached hydrogens (tertiary/aromatic N) is 1. The number of sulfone groups is 1. The molecule has 0 spiro atoms. The van der Waals surface area contributed by atoms with Crippen LogP contribution in [-0.4, -0.2) is 52.4 Å². The van der Waals surface area contributed by atoms with Crippen molar-refractivity contribution < 1.29 is 17.9 Å². The zero-order valence-electron chi connectivity index (χ0n) is 16.2. The lowest BCUT2D eigenvalue weighted by Crippen LogP contribution is -2.36. The van der Waals surface area contributed by atoms with Crippen LogP contribution in [0.15, 0.2) is 29.2 Å². The summed E-state index contributed by atoms with van der Waals surface area (Å²) in [6.07, 6.45) is 2.00. The fourth-order valence-electron chi connectivity index (χ4n) is 2.20. The number of likely N-dealkylation sites (N-methyl/N-ethyl adjacent to an activating group) is 1. The first-order chi connectivity index (χ1) is 11.7. The first-order valence-corrected chi connectivity index (χ1v) is 10.5. The molecule has 6 nitrogen and oxygen atoms in total.